The van der Waals surface area contributed by atoms with Crippen LogP contribution in [-0.2, 0) is 4.79 Å². The SMILES string of the molecule is CSC([C]=O)c1csc(N)n1. The number of aromatic nitrogens is 1. The average Bonchev–Trinajstić information content (AvgIpc) is 2.39. The minimum Gasteiger partial charge on any atom is -0.375 e. The van der Waals surface area contributed by atoms with E-state index in [9.17, 15) is 4.79 Å². The van der Waals surface area contributed by atoms with E-state index in [1.165, 1.54) is 23.1 Å². The molecular formula is C6H7N2OS2. The number of anilines is 1. The zero-order valence-electron chi connectivity index (χ0n) is 5.90. The largest absolute Gasteiger partial charge is 0.375 e. The quantitative estimate of drug-likeness (QED) is 0.773. The second-order valence-corrected chi connectivity index (χ2v) is 3.68. The molecule has 2 N–H and O–H groups in total. The summed E-state index contributed by atoms with van der Waals surface area (Å²) in [4.78, 5) is 14.3. The molecule has 59 valence electrons. The Morgan fingerprint density at radius 2 is 2.64 bits per heavy atom. The van der Waals surface area contributed by atoms with Gasteiger partial charge in [-0.3, -0.25) is 4.79 Å². The van der Waals surface area contributed by atoms with Gasteiger partial charge in [0.1, 0.15) is 5.25 Å². The van der Waals surface area contributed by atoms with Gasteiger partial charge in [-0.1, -0.05) is 0 Å². The molecule has 1 heterocycles. The van der Waals surface area contributed by atoms with Crippen molar-refractivity contribution in [1.82, 2.24) is 4.98 Å². The molecule has 0 aliphatic heterocycles. The predicted octanol–water partition coefficient (Wildman–Crippen LogP) is 1.24. The highest BCUT2D eigenvalue weighted by molar-refractivity contribution is 7.99. The third-order valence-electron chi connectivity index (χ3n) is 1.15. The third-order valence-corrected chi connectivity index (χ3v) is 2.65. The monoisotopic (exact) mass is 187 g/mol. The summed E-state index contributed by atoms with van der Waals surface area (Å²) in [5, 5.41) is 1.99. The van der Waals surface area contributed by atoms with Crippen molar-refractivity contribution < 1.29 is 4.79 Å². The van der Waals surface area contributed by atoms with E-state index in [2.05, 4.69) is 4.98 Å². The standard InChI is InChI=1S/C6H7N2OS2/c1-10-5(2-9)4-3-11-6(7)8-4/h3,5H,1H3,(H2,7,8). The molecule has 5 heteroatoms. The van der Waals surface area contributed by atoms with E-state index < -0.39 is 0 Å². The highest BCUT2D eigenvalue weighted by Gasteiger charge is 2.12. The van der Waals surface area contributed by atoms with Crippen molar-refractivity contribution >= 4 is 34.5 Å². The molecule has 0 aromatic carbocycles. The molecular weight excluding hydrogens is 180 g/mol. The van der Waals surface area contributed by atoms with Crippen molar-refractivity contribution in [2.24, 2.45) is 0 Å². The summed E-state index contributed by atoms with van der Waals surface area (Å²) in [5.41, 5.74) is 6.10. The first-order valence-corrected chi connectivity index (χ1v) is 5.06. The molecule has 1 aromatic rings. The van der Waals surface area contributed by atoms with Crippen LogP contribution in [0.3, 0.4) is 0 Å². The number of nitrogens with two attached hydrogens (primary N) is 1. The number of nitrogens with zero attached hydrogens (tertiary/aromatic N) is 1. The van der Waals surface area contributed by atoms with E-state index in [-0.39, 0.29) is 5.25 Å². The molecule has 0 saturated carbocycles. The van der Waals surface area contributed by atoms with Crippen LogP contribution >= 0.6 is 23.1 Å². The summed E-state index contributed by atoms with van der Waals surface area (Å²) in [5.74, 6) is 0. The van der Waals surface area contributed by atoms with Crippen molar-refractivity contribution in [3.05, 3.63) is 11.1 Å². The Labute approximate surface area is 73.0 Å². The molecule has 1 atom stereocenters. The number of hydrogen-bond acceptors (Lipinski definition) is 5. The molecule has 0 bridgehead atoms. The van der Waals surface area contributed by atoms with Crippen molar-refractivity contribution in [3.8, 4) is 0 Å². The molecule has 0 amide bonds. The Hall–Kier alpha value is -0.550. The number of hydrogen-bond donors (Lipinski definition) is 1. The highest BCUT2D eigenvalue weighted by Crippen LogP contribution is 2.25. The lowest BCUT2D eigenvalue weighted by atomic mass is 10.4. The van der Waals surface area contributed by atoms with Crippen LogP contribution in [0, 0.1) is 0 Å². The number of nitrogen functional groups attached to an aromatic ring is 1. The Morgan fingerprint density at radius 3 is 3.00 bits per heavy atom. The van der Waals surface area contributed by atoms with Gasteiger partial charge in [-0.2, -0.15) is 0 Å². The van der Waals surface area contributed by atoms with Crippen molar-refractivity contribution in [3.63, 3.8) is 0 Å². The lowest BCUT2D eigenvalue weighted by molar-refractivity contribution is 0.554. The topological polar surface area (TPSA) is 56.0 Å². The fraction of sp³-hybridized carbons (Fsp3) is 0.333. The molecule has 0 aliphatic carbocycles. The summed E-state index contributed by atoms with van der Waals surface area (Å²) >= 11 is 2.74. The highest BCUT2D eigenvalue weighted by atomic mass is 32.2. The number of rotatable bonds is 3. The van der Waals surface area contributed by atoms with Crippen molar-refractivity contribution in [2.75, 3.05) is 12.0 Å². The molecule has 0 aliphatic rings. The normalized spacial score (nSPS) is 12.8. The summed E-state index contributed by atoms with van der Waals surface area (Å²) in [6.45, 7) is 0. The smallest absolute Gasteiger partial charge is 0.218 e. The van der Waals surface area contributed by atoms with Crippen LogP contribution in [0.15, 0.2) is 5.38 Å². The van der Waals surface area contributed by atoms with Gasteiger partial charge in [0.2, 0.25) is 6.29 Å². The Morgan fingerprint density at radius 1 is 1.91 bits per heavy atom. The molecule has 1 unspecified atom stereocenters. The van der Waals surface area contributed by atoms with Crippen LogP contribution in [0.2, 0.25) is 0 Å². The zero-order valence-corrected chi connectivity index (χ0v) is 7.54. The van der Waals surface area contributed by atoms with Gasteiger partial charge in [-0.25, -0.2) is 4.98 Å². The lowest BCUT2D eigenvalue weighted by Crippen LogP contribution is -1.95. The second kappa shape index (κ2) is 3.73. The summed E-state index contributed by atoms with van der Waals surface area (Å²) < 4.78 is 0. The minimum atomic E-state index is -0.288. The summed E-state index contributed by atoms with van der Waals surface area (Å²) in [6.07, 6.45) is 3.72. The van der Waals surface area contributed by atoms with E-state index in [0.29, 0.717) is 10.8 Å². The second-order valence-electron chi connectivity index (χ2n) is 1.84. The van der Waals surface area contributed by atoms with Gasteiger partial charge < -0.3 is 5.73 Å². The fourth-order valence-corrected chi connectivity index (χ4v) is 1.78. The van der Waals surface area contributed by atoms with Crippen LogP contribution in [0.4, 0.5) is 5.13 Å². The molecule has 11 heavy (non-hydrogen) atoms. The molecule has 0 fully saturated rings. The molecule has 3 nitrogen and oxygen atoms in total. The molecule has 1 radical (unpaired) electrons. The molecule has 0 spiro atoms. The average molecular weight is 187 g/mol. The van der Waals surface area contributed by atoms with E-state index in [4.69, 9.17) is 5.73 Å². The van der Waals surface area contributed by atoms with Gasteiger partial charge in [-0.15, -0.1) is 23.1 Å². The van der Waals surface area contributed by atoms with Crippen LogP contribution < -0.4 is 5.73 Å². The molecule has 1 rings (SSSR count). The van der Waals surface area contributed by atoms with Crippen LogP contribution in [0.25, 0.3) is 0 Å². The van der Waals surface area contributed by atoms with Crippen molar-refractivity contribution in [2.45, 2.75) is 5.25 Å². The van der Waals surface area contributed by atoms with E-state index in [1.807, 2.05) is 12.5 Å². The Bertz CT molecular complexity index is 248. The van der Waals surface area contributed by atoms with E-state index in [1.54, 1.807) is 5.38 Å². The van der Waals surface area contributed by atoms with Gasteiger partial charge >= 0.3 is 0 Å². The van der Waals surface area contributed by atoms with Gasteiger partial charge in [0.05, 0.1) is 5.69 Å². The first-order chi connectivity index (χ1) is 5.27. The Balaban J connectivity index is 2.81. The number of thiazole rings is 1. The molecule has 0 saturated heterocycles. The zero-order chi connectivity index (χ0) is 8.27. The fourth-order valence-electron chi connectivity index (χ4n) is 0.650. The lowest BCUT2D eigenvalue weighted by Gasteiger charge is -1.98. The van der Waals surface area contributed by atoms with Crippen LogP contribution in [0.5, 0.6) is 0 Å². The molecule has 1 aromatic heterocycles. The third kappa shape index (κ3) is 1.94. The maximum atomic E-state index is 10.3. The van der Waals surface area contributed by atoms with E-state index in [0.717, 1.165) is 0 Å². The van der Waals surface area contributed by atoms with E-state index >= 15 is 0 Å². The van der Waals surface area contributed by atoms with Gasteiger partial charge in [-0.05, 0) is 6.26 Å². The maximum Gasteiger partial charge on any atom is 0.218 e. The number of thioether (sulfide) groups is 1. The summed E-state index contributed by atoms with van der Waals surface area (Å²) in [6, 6.07) is 0. The van der Waals surface area contributed by atoms with Gasteiger partial charge in [0, 0.05) is 5.38 Å². The maximum absolute atomic E-state index is 10.3. The van der Waals surface area contributed by atoms with Crippen LogP contribution in [-0.4, -0.2) is 17.5 Å². The Kier molecular flexibility index (Phi) is 2.90. The van der Waals surface area contributed by atoms with Gasteiger partial charge in [0.25, 0.3) is 0 Å². The van der Waals surface area contributed by atoms with Gasteiger partial charge in [0.15, 0.2) is 5.13 Å². The number of carbonyl (C=O) groups excluding carboxylic acids is 1. The first kappa shape index (κ1) is 8.55. The predicted molar refractivity (Wildman–Crippen MR) is 48.5 cm³/mol. The first-order valence-electron chi connectivity index (χ1n) is 2.89. The summed E-state index contributed by atoms with van der Waals surface area (Å²) in [7, 11) is 0. The van der Waals surface area contributed by atoms with Crippen LogP contribution in [0.1, 0.15) is 10.9 Å². The van der Waals surface area contributed by atoms with Crippen molar-refractivity contribution in [1.29, 1.82) is 0 Å². The minimum absolute atomic E-state index is 0.288.